The van der Waals surface area contributed by atoms with Crippen LogP contribution in [0.5, 0.6) is 0 Å². The molecule has 4 rings (SSSR count). The number of hydrogen-bond donors (Lipinski definition) is 1. The topological polar surface area (TPSA) is 35.8 Å². The third-order valence-electron chi connectivity index (χ3n) is 5.56. The summed E-state index contributed by atoms with van der Waals surface area (Å²) in [6, 6.07) is 0. The minimum Gasteiger partial charge on any atom is -0.411 e. The maximum atomic E-state index is 9.45. The smallest absolute Gasteiger partial charge is 0.0663 e. The molecule has 4 atom stereocenters. The Bertz CT molecular complexity index is 336. The van der Waals surface area contributed by atoms with Crippen molar-refractivity contribution < 1.29 is 5.21 Å². The first kappa shape index (κ1) is 12.5. The lowest BCUT2D eigenvalue weighted by molar-refractivity contribution is 0.0352. The van der Waals surface area contributed by atoms with Crippen LogP contribution in [0.25, 0.3) is 0 Å². The average Bonchev–Trinajstić information content (AvgIpc) is 2.27. The van der Waals surface area contributed by atoms with Gasteiger partial charge in [-0.3, -0.25) is 0 Å². The standard InChI is InChI=1S/C15H26N2O/c1-17(2)5-3-4-15-9-11-6-12(10-15)8-13(7-11)14(15)16-18/h11-13,18H,3-10H2,1-2H3/b16-14+/t11-,12+,13?,15?. The fraction of sp³-hybridized carbons (Fsp3) is 0.933. The van der Waals surface area contributed by atoms with Gasteiger partial charge in [-0.1, -0.05) is 5.16 Å². The highest BCUT2D eigenvalue weighted by atomic mass is 16.4. The lowest BCUT2D eigenvalue weighted by Crippen LogP contribution is -2.53. The van der Waals surface area contributed by atoms with E-state index in [0.29, 0.717) is 5.92 Å². The normalized spacial score (nSPS) is 44.2. The van der Waals surface area contributed by atoms with Gasteiger partial charge in [-0.2, -0.15) is 0 Å². The summed E-state index contributed by atoms with van der Waals surface area (Å²) >= 11 is 0. The summed E-state index contributed by atoms with van der Waals surface area (Å²) in [5, 5.41) is 13.2. The van der Waals surface area contributed by atoms with Gasteiger partial charge in [0.15, 0.2) is 0 Å². The Morgan fingerprint density at radius 3 is 2.44 bits per heavy atom. The number of oxime groups is 1. The van der Waals surface area contributed by atoms with E-state index in [1.165, 1.54) is 50.7 Å². The van der Waals surface area contributed by atoms with Crippen LogP contribution >= 0.6 is 0 Å². The van der Waals surface area contributed by atoms with Gasteiger partial charge in [-0.05, 0) is 77.4 Å². The second-order valence-electron chi connectivity index (χ2n) is 7.22. The molecule has 0 spiro atoms. The van der Waals surface area contributed by atoms with Gasteiger partial charge < -0.3 is 10.1 Å². The van der Waals surface area contributed by atoms with E-state index in [1.807, 2.05) is 0 Å². The van der Waals surface area contributed by atoms with Crippen molar-refractivity contribution in [3.63, 3.8) is 0 Å². The summed E-state index contributed by atoms with van der Waals surface area (Å²) < 4.78 is 0. The first-order valence-electron chi connectivity index (χ1n) is 7.50. The molecule has 4 saturated carbocycles. The Labute approximate surface area is 110 Å². The number of nitrogens with zero attached hydrogens (tertiary/aromatic N) is 2. The van der Waals surface area contributed by atoms with E-state index in [-0.39, 0.29) is 5.41 Å². The summed E-state index contributed by atoms with van der Waals surface area (Å²) in [6.45, 7) is 1.15. The molecule has 3 heteroatoms. The van der Waals surface area contributed by atoms with E-state index in [2.05, 4.69) is 24.2 Å². The predicted molar refractivity (Wildman–Crippen MR) is 73.0 cm³/mol. The van der Waals surface area contributed by atoms with Crippen molar-refractivity contribution in [2.75, 3.05) is 20.6 Å². The molecule has 102 valence electrons. The van der Waals surface area contributed by atoms with Crippen molar-refractivity contribution in [3.8, 4) is 0 Å². The van der Waals surface area contributed by atoms with Gasteiger partial charge in [0.2, 0.25) is 0 Å². The number of hydrogen-bond acceptors (Lipinski definition) is 3. The van der Waals surface area contributed by atoms with E-state index >= 15 is 0 Å². The van der Waals surface area contributed by atoms with Crippen molar-refractivity contribution in [3.05, 3.63) is 0 Å². The molecule has 4 aliphatic carbocycles. The van der Waals surface area contributed by atoms with E-state index in [1.54, 1.807) is 0 Å². The average molecular weight is 250 g/mol. The molecule has 0 aromatic heterocycles. The summed E-state index contributed by atoms with van der Waals surface area (Å²) in [6.07, 6.45) is 9.10. The van der Waals surface area contributed by atoms with Crippen LogP contribution in [-0.4, -0.2) is 36.5 Å². The summed E-state index contributed by atoms with van der Waals surface area (Å²) in [7, 11) is 4.28. The monoisotopic (exact) mass is 250 g/mol. The highest BCUT2D eigenvalue weighted by Gasteiger charge is 2.55. The molecule has 0 aromatic carbocycles. The minimum atomic E-state index is 0.277. The van der Waals surface area contributed by atoms with Gasteiger partial charge in [0.05, 0.1) is 5.71 Å². The first-order chi connectivity index (χ1) is 8.63. The maximum absolute atomic E-state index is 9.45. The van der Waals surface area contributed by atoms with Crippen LogP contribution in [0.3, 0.4) is 0 Å². The van der Waals surface area contributed by atoms with Gasteiger partial charge in [-0.15, -0.1) is 0 Å². The van der Waals surface area contributed by atoms with E-state index in [4.69, 9.17) is 0 Å². The fourth-order valence-electron chi connectivity index (χ4n) is 5.21. The Morgan fingerprint density at radius 2 is 1.89 bits per heavy atom. The van der Waals surface area contributed by atoms with Crippen LogP contribution in [-0.2, 0) is 0 Å². The summed E-state index contributed by atoms with van der Waals surface area (Å²) in [5.74, 6) is 2.46. The fourth-order valence-corrected chi connectivity index (χ4v) is 5.21. The first-order valence-corrected chi connectivity index (χ1v) is 7.50. The predicted octanol–water partition coefficient (Wildman–Crippen LogP) is 2.98. The molecule has 0 aromatic rings. The highest BCUT2D eigenvalue weighted by molar-refractivity contribution is 5.93. The molecule has 2 unspecified atom stereocenters. The molecule has 0 saturated heterocycles. The van der Waals surface area contributed by atoms with Crippen LogP contribution in [0.4, 0.5) is 0 Å². The third kappa shape index (κ3) is 1.97. The zero-order valence-electron chi connectivity index (χ0n) is 11.7. The Kier molecular flexibility index (Phi) is 3.13. The molecular weight excluding hydrogens is 224 g/mol. The Hall–Kier alpha value is -0.570. The summed E-state index contributed by atoms with van der Waals surface area (Å²) in [4.78, 5) is 2.26. The molecule has 0 aliphatic heterocycles. The molecular formula is C15H26N2O. The van der Waals surface area contributed by atoms with Crippen molar-refractivity contribution >= 4 is 5.71 Å². The molecule has 4 fully saturated rings. The molecule has 4 bridgehead atoms. The van der Waals surface area contributed by atoms with Crippen LogP contribution in [0.1, 0.15) is 44.9 Å². The second kappa shape index (κ2) is 4.52. The van der Waals surface area contributed by atoms with Gasteiger partial charge in [0.25, 0.3) is 0 Å². The lowest BCUT2D eigenvalue weighted by Gasteiger charge is -2.57. The molecule has 0 amide bonds. The molecule has 18 heavy (non-hydrogen) atoms. The van der Waals surface area contributed by atoms with Gasteiger partial charge in [-0.25, -0.2) is 0 Å². The lowest BCUT2D eigenvalue weighted by atomic mass is 9.47. The van der Waals surface area contributed by atoms with Crippen LogP contribution < -0.4 is 0 Å². The van der Waals surface area contributed by atoms with Crippen molar-refractivity contribution in [1.29, 1.82) is 0 Å². The molecule has 4 aliphatic rings. The van der Waals surface area contributed by atoms with Crippen molar-refractivity contribution in [2.24, 2.45) is 28.3 Å². The largest absolute Gasteiger partial charge is 0.411 e. The van der Waals surface area contributed by atoms with Crippen LogP contribution in [0.15, 0.2) is 5.16 Å². The van der Waals surface area contributed by atoms with Crippen molar-refractivity contribution in [2.45, 2.75) is 44.9 Å². The van der Waals surface area contributed by atoms with Gasteiger partial charge in [0.1, 0.15) is 0 Å². The zero-order valence-corrected chi connectivity index (χ0v) is 11.7. The molecule has 1 N–H and O–H groups in total. The van der Waals surface area contributed by atoms with Gasteiger partial charge >= 0.3 is 0 Å². The maximum Gasteiger partial charge on any atom is 0.0663 e. The molecule has 0 radical (unpaired) electrons. The zero-order chi connectivity index (χ0) is 12.8. The Morgan fingerprint density at radius 1 is 1.22 bits per heavy atom. The SMILES string of the molecule is CN(C)CCCC12C[C@@H]3CC(C[C@@H](C3)C1)/C2=N\O. The van der Waals surface area contributed by atoms with Crippen LogP contribution in [0.2, 0.25) is 0 Å². The second-order valence-corrected chi connectivity index (χ2v) is 7.22. The van der Waals surface area contributed by atoms with E-state index in [0.717, 1.165) is 18.4 Å². The van der Waals surface area contributed by atoms with Crippen LogP contribution in [0, 0.1) is 23.2 Å². The molecule has 0 heterocycles. The van der Waals surface area contributed by atoms with Crippen molar-refractivity contribution in [1.82, 2.24) is 4.90 Å². The number of rotatable bonds is 4. The molecule has 3 nitrogen and oxygen atoms in total. The Balaban J connectivity index is 1.75. The quantitative estimate of drug-likeness (QED) is 0.615. The third-order valence-corrected chi connectivity index (χ3v) is 5.56. The van der Waals surface area contributed by atoms with E-state index in [9.17, 15) is 5.21 Å². The van der Waals surface area contributed by atoms with E-state index < -0.39 is 0 Å². The minimum absolute atomic E-state index is 0.277. The summed E-state index contributed by atoms with van der Waals surface area (Å²) in [5.41, 5.74) is 1.45. The van der Waals surface area contributed by atoms with Gasteiger partial charge in [0, 0.05) is 11.3 Å². The highest BCUT2D eigenvalue weighted by Crippen LogP contribution is 2.60.